The van der Waals surface area contributed by atoms with Gasteiger partial charge in [0.25, 0.3) is 5.91 Å². The highest BCUT2D eigenvalue weighted by molar-refractivity contribution is 7.07. The Balaban J connectivity index is 1.21. The monoisotopic (exact) mass is 462 g/mol. The molecule has 0 spiro atoms. The minimum atomic E-state index is -0.166. The third-order valence-corrected chi connectivity index (χ3v) is 6.39. The standard InChI is InChI=1S/C25H26N4O3S/c30-25(20-2-1-3-23(15-20)32-16-22-17-33-18-26-22)27-21-4-5-24-19(14-21)6-7-29(24)9-8-28-10-12-31-13-11-28/h1-7,14-15,17-18H,8-13,16H2,(H,27,30). The fourth-order valence-electron chi connectivity index (χ4n) is 3.94. The first-order chi connectivity index (χ1) is 16.2. The van der Waals surface area contributed by atoms with Crippen LogP contribution in [-0.2, 0) is 17.9 Å². The molecule has 0 bridgehead atoms. The minimum Gasteiger partial charge on any atom is -0.487 e. The number of aromatic nitrogens is 2. The van der Waals surface area contributed by atoms with Gasteiger partial charge in [0.1, 0.15) is 12.4 Å². The van der Waals surface area contributed by atoms with Crippen molar-refractivity contribution in [2.75, 3.05) is 38.2 Å². The Kier molecular flexibility index (Phi) is 6.66. The van der Waals surface area contributed by atoms with E-state index in [1.165, 1.54) is 16.9 Å². The molecule has 1 fully saturated rings. The van der Waals surface area contributed by atoms with Crippen LogP contribution in [0.15, 0.2) is 65.6 Å². The molecule has 0 saturated carbocycles. The molecule has 1 amide bonds. The van der Waals surface area contributed by atoms with Crippen LogP contribution in [0.5, 0.6) is 5.75 Å². The molecule has 2 aromatic heterocycles. The second-order valence-corrected chi connectivity index (χ2v) is 8.71. The van der Waals surface area contributed by atoms with Crippen molar-refractivity contribution in [3.63, 3.8) is 0 Å². The van der Waals surface area contributed by atoms with Crippen molar-refractivity contribution in [1.29, 1.82) is 0 Å². The lowest BCUT2D eigenvalue weighted by atomic mass is 10.2. The summed E-state index contributed by atoms with van der Waals surface area (Å²) in [5.74, 6) is 0.476. The fourth-order valence-corrected chi connectivity index (χ4v) is 4.49. The van der Waals surface area contributed by atoms with E-state index in [9.17, 15) is 4.79 Å². The molecule has 2 aromatic carbocycles. The fraction of sp³-hybridized carbons (Fsp3) is 0.280. The summed E-state index contributed by atoms with van der Waals surface area (Å²) in [5, 5.41) is 6.06. The van der Waals surface area contributed by atoms with E-state index in [4.69, 9.17) is 9.47 Å². The normalized spacial score (nSPS) is 14.4. The van der Waals surface area contributed by atoms with Crippen LogP contribution in [0.3, 0.4) is 0 Å². The number of hydrogen-bond donors (Lipinski definition) is 1. The number of morpholine rings is 1. The van der Waals surface area contributed by atoms with Gasteiger partial charge in [-0.2, -0.15) is 0 Å². The number of ether oxygens (including phenoxy) is 2. The summed E-state index contributed by atoms with van der Waals surface area (Å²) in [6.45, 7) is 5.94. The number of nitrogens with one attached hydrogen (secondary N) is 1. The molecule has 4 aromatic rings. The molecule has 1 aliphatic heterocycles. The van der Waals surface area contributed by atoms with Crippen LogP contribution < -0.4 is 10.1 Å². The lowest BCUT2D eigenvalue weighted by Crippen LogP contribution is -2.38. The molecule has 0 atom stereocenters. The second-order valence-electron chi connectivity index (χ2n) is 7.99. The van der Waals surface area contributed by atoms with E-state index in [2.05, 4.69) is 38.1 Å². The Morgan fingerprint density at radius 2 is 2.03 bits per heavy atom. The molecule has 0 unspecified atom stereocenters. The molecule has 1 saturated heterocycles. The van der Waals surface area contributed by atoms with E-state index < -0.39 is 0 Å². The van der Waals surface area contributed by atoms with Crippen molar-refractivity contribution >= 4 is 33.8 Å². The molecule has 1 aliphatic rings. The smallest absolute Gasteiger partial charge is 0.255 e. The number of nitrogens with zero attached hydrogens (tertiary/aromatic N) is 3. The third kappa shape index (κ3) is 5.42. The van der Waals surface area contributed by atoms with Gasteiger partial charge in [-0.05, 0) is 42.5 Å². The zero-order valence-corrected chi connectivity index (χ0v) is 19.1. The largest absolute Gasteiger partial charge is 0.487 e. The van der Waals surface area contributed by atoms with E-state index in [1.54, 1.807) is 17.6 Å². The Bertz CT molecular complexity index is 1220. The maximum atomic E-state index is 12.8. The van der Waals surface area contributed by atoms with E-state index >= 15 is 0 Å². The number of amides is 1. The van der Waals surface area contributed by atoms with Crippen molar-refractivity contribution in [1.82, 2.24) is 14.5 Å². The van der Waals surface area contributed by atoms with Gasteiger partial charge in [0.15, 0.2) is 0 Å². The molecule has 33 heavy (non-hydrogen) atoms. The van der Waals surface area contributed by atoms with Crippen LogP contribution in [0.1, 0.15) is 16.1 Å². The predicted molar refractivity (Wildman–Crippen MR) is 130 cm³/mol. The number of thiazole rings is 1. The third-order valence-electron chi connectivity index (χ3n) is 5.76. The van der Waals surface area contributed by atoms with Crippen molar-refractivity contribution in [2.45, 2.75) is 13.2 Å². The average Bonchev–Trinajstić information content (AvgIpc) is 3.52. The molecule has 0 aliphatic carbocycles. The quantitative estimate of drug-likeness (QED) is 0.424. The Hall–Kier alpha value is -3.20. The second kappa shape index (κ2) is 10.2. The van der Waals surface area contributed by atoms with E-state index in [0.717, 1.165) is 56.2 Å². The van der Waals surface area contributed by atoms with Crippen LogP contribution in [0.25, 0.3) is 10.9 Å². The molecule has 1 N–H and O–H groups in total. The summed E-state index contributed by atoms with van der Waals surface area (Å²) in [7, 11) is 0. The first-order valence-electron chi connectivity index (χ1n) is 11.0. The molecule has 7 nitrogen and oxygen atoms in total. The van der Waals surface area contributed by atoms with Gasteiger partial charge in [-0.1, -0.05) is 6.07 Å². The number of anilines is 1. The Labute approximate surface area is 196 Å². The van der Waals surface area contributed by atoms with E-state index in [1.807, 2.05) is 29.6 Å². The predicted octanol–water partition coefficient (Wildman–Crippen LogP) is 4.26. The van der Waals surface area contributed by atoms with Crippen LogP contribution in [0.4, 0.5) is 5.69 Å². The average molecular weight is 463 g/mol. The summed E-state index contributed by atoms with van der Waals surface area (Å²) in [6.07, 6.45) is 2.11. The van der Waals surface area contributed by atoms with Crippen molar-refractivity contribution in [3.05, 3.63) is 76.9 Å². The molecule has 0 radical (unpaired) electrons. The number of hydrogen-bond acceptors (Lipinski definition) is 6. The van der Waals surface area contributed by atoms with Crippen molar-refractivity contribution in [3.8, 4) is 5.75 Å². The number of rotatable bonds is 8. The number of benzene rings is 2. The van der Waals surface area contributed by atoms with Crippen LogP contribution in [0.2, 0.25) is 0 Å². The van der Waals surface area contributed by atoms with Gasteiger partial charge in [-0.3, -0.25) is 9.69 Å². The minimum absolute atomic E-state index is 0.166. The molecule has 170 valence electrons. The first kappa shape index (κ1) is 21.6. The summed E-state index contributed by atoms with van der Waals surface area (Å²) >= 11 is 1.53. The van der Waals surface area contributed by atoms with Gasteiger partial charge >= 0.3 is 0 Å². The van der Waals surface area contributed by atoms with E-state index in [-0.39, 0.29) is 5.91 Å². The van der Waals surface area contributed by atoms with E-state index in [0.29, 0.717) is 17.9 Å². The van der Waals surface area contributed by atoms with Crippen molar-refractivity contribution < 1.29 is 14.3 Å². The van der Waals surface area contributed by atoms with Gasteiger partial charge in [0.05, 0.1) is 24.4 Å². The highest BCUT2D eigenvalue weighted by Gasteiger charge is 2.12. The van der Waals surface area contributed by atoms with Gasteiger partial charge < -0.3 is 19.4 Å². The first-order valence-corrected chi connectivity index (χ1v) is 12.0. The van der Waals surface area contributed by atoms with Crippen LogP contribution in [-0.4, -0.2) is 53.2 Å². The zero-order valence-electron chi connectivity index (χ0n) is 18.3. The Morgan fingerprint density at radius 3 is 2.88 bits per heavy atom. The maximum Gasteiger partial charge on any atom is 0.255 e. The molecular weight excluding hydrogens is 436 g/mol. The zero-order chi connectivity index (χ0) is 22.5. The van der Waals surface area contributed by atoms with Crippen molar-refractivity contribution in [2.24, 2.45) is 0 Å². The lowest BCUT2D eigenvalue weighted by Gasteiger charge is -2.26. The SMILES string of the molecule is O=C(Nc1ccc2c(ccn2CCN2CCOCC2)c1)c1cccc(OCc2cscn2)c1. The molecule has 3 heterocycles. The molecule has 5 rings (SSSR count). The highest BCUT2D eigenvalue weighted by atomic mass is 32.1. The maximum absolute atomic E-state index is 12.8. The molecular formula is C25H26N4O3S. The summed E-state index contributed by atoms with van der Waals surface area (Å²) in [6, 6.07) is 15.3. The van der Waals surface area contributed by atoms with Crippen LogP contribution in [0, 0.1) is 0 Å². The topological polar surface area (TPSA) is 68.6 Å². The number of carbonyl (C=O) groups excluding carboxylic acids is 1. The summed E-state index contributed by atoms with van der Waals surface area (Å²) in [4.78, 5) is 19.5. The summed E-state index contributed by atoms with van der Waals surface area (Å²) in [5.41, 5.74) is 5.14. The van der Waals surface area contributed by atoms with Gasteiger partial charge in [-0.15, -0.1) is 11.3 Å². The van der Waals surface area contributed by atoms with Crippen LogP contribution >= 0.6 is 11.3 Å². The lowest BCUT2D eigenvalue weighted by molar-refractivity contribution is 0.0365. The molecule has 8 heteroatoms. The number of fused-ring (bicyclic) bond motifs is 1. The highest BCUT2D eigenvalue weighted by Crippen LogP contribution is 2.22. The van der Waals surface area contributed by atoms with Gasteiger partial charge in [0.2, 0.25) is 0 Å². The summed E-state index contributed by atoms with van der Waals surface area (Å²) < 4.78 is 13.5. The Morgan fingerprint density at radius 1 is 1.12 bits per heavy atom. The van der Waals surface area contributed by atoms with Gasteiger partial charge in [-0.25, -0.2) is 4.98 Å². The number of carbonyl (C=O) groups is 1. The van der Waals surface area contributed by atoms with Gasteiger partial charge in [0, 0.05) is 59.9 Å².